The predicted molar refractivity (Wildman–Crippen MR) is 105 cm³/mol. The number of nitrogens with zero attached hydrogens (tertiary/aromatic N) is 1. The quantitative estimate of drug-likeness (QED) is 0.799. The van der Waals surface area contributed by atoms with Crippen LogP contribution in [0.1, 0.15) is 44.1 Å². The van der Waals surface area contributed by atoms with E-state index in [4.69, 9.17) is 19.9 Å². The van der Waals surface area contributed by atoms with E-state index in [1.54, 1.807) is 12.0 Å². The van der Waals surface area contributed by atoms with Crippen molar-refractivity contribution in [2.75, 3.05) is 27.4 Å². The fourth-order valence-corrected chi connectivity index (χ4v) is 4.41. The number of carbonyl (C=O) groups is 1. The van der Waals surface area contributed by atoms with Crippen LogP contribution in [-0.4, -0.2) is 61.7 Å². The van der Waals surface area contributed by atoms with Crippen molar-refractivity contribution in [3.8, 4) is 5.75 Å². The van der Waals surface area contributed by atoms with Gasteiger partial charge < -0.3 is 30.0 Å². The summed E-state index contributed by atoms with van der Waals surface area (Å²) in [5.41, 5.74) is 6.18. The molecule has 0 aromatic heterocycles. The first-order valence-corrected chi connectivity index (χ1v) is 10.1. The van der Waals surface area contributed by atoms with E-state index < -0.39 is 5.60 Å². The van der Waals surface area contributed by atoms with Crippen molar-refractivity contribution in [1.82, 2.24) is 4.90 Å². The minimum Gasteiger partial charge on any atom is -0.496 e. The Balaban J connectivity index is 1.57. The number of methoxy groups -OCH3 is 2. The van der Waals surface area contributed by atoms with Gasteiger partial charge in [0, 0.05) is 18.2 Å². The number of ether oxygens (including phenoxy) is 3. The number of hydrogen-bond acceptors (Lipinski definition) is 6. The Hall–Kier alpha value is -1.83. The van der Waals surface area contributed by atoms with E-state index in [-0.39, 0.29) is 24.3 Å². The molecule has 7 heteroatoms. The van der Waals surface area contributed by atoms with Gasteiger partial charge >= 0.3 is 6.09 Å². The van der Waals surface area contributed by atoms with Crippen LogP contribution >= 0.6 is 0 Å². The van der Waals surface area contributed by atoms with Crippen LogP contribution in [0.3, 0.4) is 0 Å². The van der Waals surface area contributed by atoms with Gasteiger partial charge in [-0.25, -0.2) is 4.79 Å². The molecule has 1 saturated carbocycles. The molecule has 2 aliphatic rings. The Labute approximate surface area is 166 Å². The summed E-state index contributed by atoms with van der Waals surface area (Å²) >= 11 is 0. The van der Waals surface area contributed by atoms with Gasteiger partial charge in [-0.1, -0.05) is 18.2 Å². The van der Waals surface area contributed by atoms with Gasteiger partial charge in [-0.05, 0) is 44.6 Å². The van der Waals surface area contributed by atoms with E-state index in [9.17, 15) is 9.90 Å². The van der Waals surface area contributed by atoms with Gasteiger partial charge in [0.15, 0.2) is 0 Å². The van der Waals surface area contributed by atoms with Gasteiger partial charge in [-0.3, -0.25) is 0 Å². The zero-order valence-electron chi connectivity index (χ0n) is 16.8. The van der Waals surface area contributed by atoms with Gasteiger partial charge in [-0.15, -0.1) is 0 Å². The molecular weight excluding hydrogens is 360 g/mol. The Morgan fingerprint density at radius 1 is 1.25 bits per heavy atom. The van der Waals surface area contributed by atoms with E-state index in [0.29, 0.717) is 31.7 Å². The van der Waals surface area contributed by atoms with Gasteiger partial charge in [0.25, 0.3) is 0 Å². The first kappa shape index (κ1) is 20.9. The zero-order valence-corrected chi connectivity index (χ0v) is 16.8. The molecule has 1 heterocycles. The maximum Gasteiger partial charge on any atom is 0.409 e. The molecule has 156 valence electrons. The second-order valence-corrected chi connectivity index (χ2v) is 7.80. The highest BCUT2D eigenvalue weighted by molar-refractivity contribution is 5.68. The van der Waals surface area contributed by atoms with Crippen molar-refractivity contribution < 1.29 is 24.1 Å². The molecule has 2 fully saturated rings. The number of carbonyl (C=O) groups excluding carboxylic acids is 1. The third kappa shape index (κ3) is 4.42. The lowest BCUT2D eigenvalue weighted by molar-refractivity contribution is -0.0734. The lowest BCUT2D eigenvalue weighted by atomic mass is 9.78. The van der Waals surface area contributed by atoms with E-state index in [2.05, 4.69) is 0 Å². The summed E-state index contributed by atoms with van der Waals surface area (Å²) in [6.45, 7) is 1.04. The molecule has 1 aromatic carbocycles. The molecule has 1 aromatic rings. The smallest absolute Gasteiger partial charge is 0.409 e. The van der Waals surface area contributed by atoms with E-state index >= 15 is 0 Å². The minimum absolute atomic E-state index is 0.0450. The van der Waals surface area contributed by atoms with Crippen LogP contribution in [0, 0.1) is 0 Å². The Morgan fingerprint density at radius 2 is 1.96 bits per heavy atom. The highest BCUT2D eigenvalue weighted by Gasteiger charge is 2.38. The van der Waals surface area contributed by atoms with E-state index in [1.165, 1.54) is 7.11 Å². The van der Waals surface area contributed by atoms with E-state index in [1.807, 2.05) is 24.3 Å². The summed E-state index contributed by atoms with van der Waals surface area (Å²) in [5, 5.41) is 11.2. The number of aliphatic hydroxyl groups is 1. The average molecular weight is 392 g/mol. The number of rotatable bonds is 5. The normalized spacial score (nSPS) is 30.7. The Morgan fingerprint density at radius 3 is 2.64 bits per heavy atom. The number of hydrogen-bond donors (Lipinski definition) is 2. The van der Waals surface area contributed by atoms with Crippen LogP contribution in [0.25, 0.3) is 0 Å². The van der Waals surface area contributed by atoms with Crippen LogP contribution < -0.4 is 10.5 Å². The largest absolute Gasteiger partial charge is 0.496 e. The first-order chi connectivity index (χ1) is 13.5. The number of nitrogens with two attached hydrogens (primary N) is 1. The van der Waals surface area contributed by atoms with E-state index in [0.717, 1.165) is 31.2 Å². The van der Waals surface area contributed by atoms with Gasteiger partial charge in [-0.2, -0.15) is 0 Å². The summed E-state index contributed by atoms with van der Waals surface area (Å²) in [5.74, 6) is 0.714. The summed E-state index contributed by atoms with van der Waals surface area (Å²) in [6.07, 6.45) is 4.15. The number of piperidine rings is 1. The number of amides is 1. The molecule has 0 radical (unpaired) electrons. The summed E-state index contributed by atoms with van der Waals surface area (Å²) in [6, 6.07) is 7.35. The summed E-state index contributed by atoms with van der Waals surface area (Å²) < 4.78 is 16.4. The third-order valence-electron chi connectivity index (χ3n) is 6.11. The lowest BCUT2D eigenvalue weighted by Crippen LogP contribution is -2.56. The fraction of sp³-hybridized carbons (Fsp3) is 0.667. The van der Waals surface area contributed by atoms with Crippen LogP contribution in [-0.2, 0) is 15.1 Å². The Kier molecular flexibility index (Phi) is 6.80. The molecule has 7 nitrogen and oxygen atoms in total. The van der Waals surface area contributed by atoms with Gasteiger partial charge in [0.05, 0.1) is 38.6 Å². The van der Waals surface area contributed by atoms with Crippen molar-refractivity contribution in [2.45, 2.75) is 62.3 Å². The molecule has 1 aliphatic carbocycles. The topological polar surface area (TPSA) is 94.3 Å². The molecular formula is C21H32N2O5. The molecule has 0 bridgehead atoms. The van der Waals surface area contributed by atoms with Gasteiger partial charge in [0.2, 0.25) is 0 Å². The lowest BCUT2D eigenvalue weighted by Gasteiger charge is -2.41. The predicted octanol–water partition coefficient (Wildman–Crippen LogP) is 2.40. The highest BCUT2D eigenvalue weighted by Crippen LogP contribution is 2.41. The summed E-state index contributed by atoms with van der Waals surface area (Å²) in [4.78, 5) is 13.7. The molecule has 0 unspecified atom stereocenters. The molecule has 3 N–H and O–H groups in total. The number of likely N-dealkylation sites (tertiary alicyclic amines) is 1. The standard InChI is InChI=1S/C21H32N2O5/c1-26-19-8-4-3-6-16(19)21(25)11-9-15(10-12-21)28-14-18-17(22)7-5-13-23(18)20(24)27-2/h3-4,6,8,15,17-18,25H,5,7,9-14,22H2,1-2H3/t15?,17-,18-,21?/m0/s1. The fourth-order valence-electron chi connectivity index (χ4n) is 4.41. The van der Waals surface area contributed by atoms with Gasteiger partial charge in [0.1, 0.15) is 5.75 Å². The van der Waals surface area contributed by atoms with Crippen molar-refractivity contribution in [2.24, 2.45) is 5.73 Å². The first-order valence-electron chi connectivity index (χ1n) is 10.1. The monoisotopic (exact) mass is 392 g/mol. The SMILES string of the molecule is COC(=O)N1CCC[C@H](N)[C@@H]1COC1CCC(O)(c2ccccc2OC)CC1. The summed E-state index contributed by atoms with van der Waals surface area (Å²) in [7, 11) is 3.01. The molecule has 3 rings (SSSR count). The minimum atomic E-state index is -0.897. The zero-order chi connectivity index (χ0) is 20.1. The second-order valence-electron chi connectivity index (χ2n) is 7.80. The molecule has 1 aliphatic heterocycles. The molecule has 1 amide bonds. The van der Waals surface area contributed by atoms with Crippen molar-refractivity contribution >= 4 is 6.09 Å². The number of para-hydroxylation sites is 1. The van der Waals surface area contributed by atoms with Crippen LogP contribution in [0.5, 0.6) is 5.75 Å². The second kappa shape index (κ2) is 9.11. The molecule has 0 spiro atoms. The molecule has 1 saturated heterocycles. The van der Waals surface area contributed by atoms with Crippen LogP contribution in [0.2, 0.25) is 0 Å². The highest BCUT2D eigenvalue weighted by atomic mass is 16.5. The number of benzene rings is 1. The van der Waals surface area contributed by atoms with Crippen LogP contribution in [0.15, 0.2) is 24.3 Å². The maximum absolute atomic E-state index is 12.0. The maximum atomic E-state index is 12.0. The third-order valence-corrected chi connectivity index (χ3v) is 6.11. The average Bonchev–Trinajstić information content (AvgIpc) is 2.73. The van der Waals surface area contributed by atoms with Crippen molar-refractivity contribution in [3.63, 3.8) is 0 Å². The van der Waals surface area contributed by atoms with Crippen molar-refractivity contribution in [3.05, 3.63) is 29.8 Å². The molecule has 2 atom stereocenters. The van der Waals surface area contributed by atoms with Crippen molar-refractivity contribution in [1.29, 1.82) is 0 Å². The van der Waals surface area contributed by atoms with Crippen LogP contribution in [0.4, 0.5) is 4.79 Å². The molecule has 28 heavy (non-hydrogen) atoms. The Bertz CT molecular complexity index is 660.